The molecule has 0 fully saturated rings. The number of unbranched alkanes of at least 4 members (excludes halogenated alkanes) is 30. The van der Waals surface area contributed by atoms with Gasteiger partial charge in [0.1, 0.15) is 0 Å². The van der Waals surface area contributed by atoms with Crippen LogP contribution in [-0.4, -0.2) is 43.7 Å². The third-order valence-corrected chi connectivity index (χ3v) is 9.28. The number of hydrogen-bond donors (Lipinski definition) is 2. The first-order chi connectivity index (χ1) is 22.2. The van der Waals surface area contributed by atoms with Gasteiger partial charge in [0.15, 0.2) is 0 Å². The molecule has 0 unspecified atom stereocenters. The van der Waals surface area contributed by atoms with Crippen LogP contribution >= 0.6 is 0 Å². The molecule has 0 bridgehead atoms. The highest BCUT2D eigenvalue weighted by molar-refractivity contribution is 5.64. The second-order valence-corrected chi connectivity index (χ2v) is 13.9. The molecule has 0 aliphatic carbocycles. The monoisotopic (exact) mass is 640 g/mol. The summed E-state index contributed by atoms with van der Waals surface area (Å²) in [5.74, 6) is 0. The highest BCUT2D eigenvalue weighted by atomic mass is 16.5. The lowest BCUT2D eigenvalue weighted by molar-refractivity contribution is -0.0170. The lowest BCUT2D eigenvalue weighted by Gasteiger charge is -2.18. The molecule has 0 aliphatic rings. The SMILES string of the molecule is CCCCCCCCCCCCCCCCCCOC[C@@H](CNC(=O)O)OCCCCCCCCCCCCCCCCCC. The van der Waals surface area contributed by atoms with Crippen molar-refractivity contribution in [1.82, 2.24) is 5.32 Å². The van der Waals surface area contributed by atoms with E-state index in [0.717, 1.165) is 19.4 Å². The molecule has 0 aliphatic heterocycles. The van der Waals surface area contributed by atoms with E-state index in [9.17, 15) is 4.79 Å². The summed E-state index contributed by atoms with van der Waals surface area (Å²) in [5.41, 5.74) is 0. The van der Waals surface area contributed by atoms with Gasteiger partial charge in [0.25, 0.3) is 0 Å². The zero-order valence-corrected chi connectivity index (χ0v) is 30.7. The van der Waals surface area contributed by atoms with Gasteiger partial charge in [0.2, 0.25) is 0 Å². The first-order valence-corrected chi connectivity index (χ1v) is 20.4. The summed E-state index contributed by atoms with van der Waals surface area (Å²) in [6.45, 7) is 6.77. The van der Waals surface area contributed by atoms with Crippen LogP contribution in [0.4, 0.5) is 4.79 Å². The van der Waals surface area contributed by atoms with E-state index in [1.54, 1.807) is 0 Å². The minimum Gasteiger partial charge on any atom is -0.465 e. The Hall–Kier alpha value is -0.810. The number of carbonyl (C=O) groups is 1. The molecule has 2 N–H and O–H groups in total. The summed E-state index contributed by atoms with van der Waals surface area (Å²) in [4.78, 5) is 11.0. The first kappa shape index (κ1) is 44.2. The van der Waals surface area contributed by atoms with Crippen LogP contribution in [-0.2, 0) is 9.47 Å². The van der Waals surface area contributed by atoms with Gasteiger partial charge < -0.3 is 19.9 Å². The zero-order chi connectivity index (χ0) is 32.7. The second-order valence-electron chi connectivity index (χ2n) is 13.9. The first-order valence-electron chi connectivity index (χ1n) is 20.4. The number of nitrogens with one attached hydrogen (secondary N) is 1. The van der Waals surface area contributed by atoms with Gasteiger partial charge in [-0.05, 0) is 12.8 Å². The van der Waals surface area contributed by atoms with Gasteiger partial charge in [-0.2, -0.15) is 0 Å². The summed E-state index contributed by atoms with van der Waals surface area (Å²) < 4.78 is 11.9. The Kier molecular flexibility index (Phi) is 38.7. The van der Waals surface area contributed by atoms with Crippen molar-refractivity contribution in [3.63, 3.8) is 0 Å². The molecule has 5 heteroatoms. The molecule has 0 saturated heterocycles. The Bertz CT molecular complexity index is 558. The molecular weight excluding hydrogens is 558 g/mol. The van der Waals surface area contributed by atoms with Crippen LogP contribution in [0.1, 0.15) is 219 Å². The maximum Gasteiger partial charge on any atom is 0.404 e. The predicted molar refractivity (Wildman–Crippen MR) is 196 cm³/mol. The Labute approximate surface area is 282 Å². The topological polar surface area (TPSA) is 67.8 Å². The van der Waals surface area contributed by atoms with Crippen molar-refractivity contribution in [2.75, 3.05) is 26.4 Å². The third-order valence-electron chi connectivity index (χ3n) is 9.28. The molecule has 5 nitrogen and oxygen atoms in total. The third kappa shape index (κ3) is 39.3. The quantitative estimate of drug-likeness (QED) is 0.0657. The van der Waals surface area contributed by atoms with E-state index in [0.29, 0.717) is 19.8 Å². The van der Waals surface area contributed by atoms with Gasteiger partial charge in [-0.1, -0.05) is 206 Å². The molecule has 0 saturated carbocycles. The van der Waals surface area contributed by atoms with Crippen LogP contribution < -0.4 is 5.32 Å². The molecule has 0 aromatic heterocycles. The van der Waals surface area contributed by atoms with E-state index >= 15 is 0 Å². The fourth-order valence-electron chi connectivity index (χ4n) is 6.23. The molecule has 1 amide bonds. The van der Waals surface area contributed by atoms with Crippen LogP contribution in [0.2, 0.25) is 0 Å². The van der Waals surface area contributed by atoms with Gasteiger partial charge in [-0.25, -0.2) is 4.79 Å². The number of ether oxygens (including phenoxy) is 2. The molecule has 0 aromatic carbocycles. The molecule has 0 aromatic rings. The molecule has 0 rings (SSSR count). The molecule has 270 valence electrons. The number of carboxylic acid groups (broad SMARTS) is 1. The van der Waals surface area contributed by atoms with Crippen molar-refractivity contribution in [3.05, 3.63) is 0 Å². The highest BCUT2D eigenvalue weighted by Gasteiger charge is 2.11. The lowest BCUT2D eigenvalue weighted by atomic mass is 10.0. The molecular formula is C40H81NO4. The van der Waals surface area contributed by atoms with Crippen LogP contribution in [0.3, 0.4) is 0 Å². The standard InChI is InChI=1S/C40H81NO4/c1-3-5-7-9-11-13-15-17-19-21-23-25-27-29-31-33-35-44-38-39(37-41-40(42)43)45-36-34-32-30-28-26-24-22-20-18-16-14-12-10-8-6-4-2/h39,41H,3-38H2,1-2H3,(H,42,43)/t39-/m1/s1. The molecule has 0 radical (unpaired) electrons. The predicted octanol–water partition coefficient (Wildman–Crippen LogP) is 13.2. The lowest BCUT2D eigenvalue weighted by Crippen LogP contribution is -2.36. The van der Waals surface area contributed by atoms with Crippen LogP contribution in [0.15, 0.2) is 0 Å². The maximum atomic E-state index is 11.0. The van der Waals surface area contributed by atoms with E-state index in [4.69, 9.17) is 14.6 Å². The minimum absolute atomic E-state index is 0.196. The van der Waals surface area contributed by atoms with Crippen molar-refractivity contribution in [2.45, 2.75) is 225 Å². The fraction of sp³-hybridized carbons (Fsp3) is 0.975. The van der Waals surface area contributed by atoms with Crippen molar-refractivity contribution in [1.29, 1.82) is 0 Å². The van der Waals surface area contributed by atoms with Gasteiger partial charge in [-0.3, -0.25) is 0 Å². The van der Waals surface area contributed by atoms with E-state index in [-0.39, 0.29) is 6.10 Å². The fourth-order valence-corrected chi connectivity index (χ4v) is 6.23. The molecule has 0 heterocycles. The van der Waals surface area contributed by atoms with E-state index in [1.165, 1.54) is 193 Å². The van der Waals surface area contributed by atoms with Crippen LogP contribution in [0.5, 0.6) is 0 Å². The largest absolute Gasteiger partial charge is 0.465 e. The Balaban J connectivity index is 3.52. The Morgan fingerprint density at radius 3 is 1.07 bits per heavy atom. The zero-order valence-electron chi connectivity index (χ0n) is 30.7. The number of amides is 1. The van der Waals surface area contributed by atoms with E-state index in [1.807, 2.05) is 0 Å². The summed E-state index contributed by atoms with van der Waals surface area (Å²) in [6.07, 6.45) is 42.4. The Morgan fingerprint density at radius 2 is 0.756 bits per heavy atom. The Morgan fingerprint density at radius 1 is 0.467 bits per heavy atom. The van der Waals surface area contributed by atoms with Crippen molar-refractivity contribution in [3.8, 4) is 0 Å². The molecule has 1 atom stereocenters. The average molecular weight is 640 g/mol. The van der Waals surface area contributed by atoms with E-state index in [2.05, 4.69) is 19.2 Å². The second kappa shape index (κ2) is 39.4. The highest BCUT2D eigenvalue weighted by Crippen LogP contribution is 2.15. The van der Waals surface area contributed by atoms with Gasteiger partial charge in [0, 0.05) is 19.8 Å². The summed E-state index contributed by atoms with van der Waals surface area (Å²) >= 11 is 0. The summed E-state index contributed by atoms with van der Waals surface area (Å²) in [6, 6.07) is 0. The van der Waals surface area contributed by atoms with Gasteiger partial charge in [0.05, 0.1) is 12.7 Å². The van der Waals surface area contributed by atoms with Gasteiger partial charge in [-0.15, -0.1) is 0 Å². The molecule has 45 heavy (non-hydrogen) atoms. The normalized spacial score (nSPS) is 12.1. The summed E-state index contributed by atoms with van der Waals surface area (Å²) in [5, 5.41) is 11.5. The van der Waals surface area contributed by atoms with Gasteiger partial charge >= 0.3 is 6.09 Å². The van der Waals surface area contributed by atoms with Crippen molar-refractivity contribution < 1.29 is 19.4 Å². The van der Waals surface area contributed by atoms with Crippen molar-refractivity contribution in [2.24, 2.45) is 0 Å². The van der Waals surface area contributed by atoms with Crippen LogP contribution in [0.25, 0.3) is 0 Å². The van der Waals surface area contributed by atoms with E-state index < -0.39 is 6.09 Å². The smallest absolute Gasteiger partial charge is 0.404 e. The maximum absolute atomic E-state index is 11.0. The average Bonchev–Trinajstić information content (AvgIpc) is 3.04. The minimum atomic E-state index is -0.996. The number of rotatable bonds is 39. The number of hydrogen-bond acceptors (Lipinski definition) is 3. The van der Waals surface area contributed by atoms with Crippen LogP contribution in [0, 0.1) is 0 Å². The summed E-state index contributed by atoms with van der Waals surface area (Å²) in [7, 11) is 0. The van der Waals surface area contributed by atoms with Crippen molar-refractivity contribution >= 4 is 6.09 Å². The molecule has 0 spiro atoms.